The number of pyridine rings is 2. The smallest absolute Gasteiger partial charge is 0.344 e. The number of hydrogen-bond acceptors (Lipinski definition) is 6. The zero-order chi connectivity index (χ0) is 29.2. The second-order valence-corrected chi connectivity index (χ2v) is 10.7. The highest BCUT2D eigenvalue weighted by Gasteiger charge is 2.43. The summed E-state index contributed by atoms with van der Waals surface area (Å²) in [4.78, 5) is 44.4. The summed E-state index contributed by atoms with van der Waals surface area (Å²) in [7, 11) is 0. The number of allylic oxidation sites excluding steroid dienone is 1. The predicted octanol–water partition coefficient (Wildman–Crippen LogP) is 5.70. The van der Waals surface area contributed by atoms with Gasteiger partial charge in [0, 0.05) is 24.4 Å². The van der Waals surface area contributed by atoms with E-state index in [1.165, 1.54) is 11.2 Å². The fourth-order valence-electron chi connectivity index (χ4n) is 5.96. The first kappa shape index (κ1) is 27.3. The molecule has 3 heterocycles. The van der Waals surface area contributed by atoms with Gasteiger partial charge in [-0.2, -0.15) is 5.10 Å². The van der Waals surface area contributed by atoms with Gasteiger partial charge < -0.3 is 9.30 Å². The van der Waals surface area contributed by atoms with Crippen LogP contribution in [0.2, 0.25) is 0 Å². The maximum absolute atomic E-state index is 13.7. The lowest BCUT2D eigenvalue weighted by atomic mass is 9.77. The SMILES string of the molecule is CCn1cc(C(=O)OCC(=O)N2N=C3/C(=C\c4ccccc4)CCC[C@@H]3[C@H]2c2ccccc2)c(=O)c2ccc(C)nc21. The Balaban J connectivity index is 1.29. The first-order valence-electron chi connectivity index (χ1n) is 14.3. The van der Waals surface area contributed by atoms with Crippen LogP contribution >= 0.6 is 0 Å². The van der Waals surface area contributed by atoms with Crippen molar-refractivity contribution >= 4 is 34.7 Å². The molecule has 0 saturated heterocycles. The van der Waals surface area contributed by atoms with E-state index in [0.717, 1.165) is 47.4 Å². The number of aryl methyl sites for hydroxylation is 2. The van der Waals surface area contributed by atoms with E-state index in [4.69, 9.17) is 9.84 Å². The molecular formula is C34H32N4O4. The van der Waals surface area contributed by atoms with Gasteiger partial charge in [0.05, 0.1) is 17.1 Å². The molecule has 1 aliphatic carbocycles. The maximum Gasteiger partial charge on any atom is 0.344 e. The van der Waals surface area contributed by atoms with E-state index in [1.54, 1.807) is 16.7 Å². The minimum Gasteiger partial charge on any atom is -0.452 e. The Labute approximate surface area is 244 Å². The zero-order valence-electron chi connectivity index (χ0n) is 23.7. The van der Waals surface area contributed by atoms with Gasteiger partial charge >= 0.3 is 5.97 Å². The second kappa shape index (κ2) is 11.6. The number of nitrogens with zero attached hydrogens (tertiary/aromatic N) is 4. The number of benzene rings is 2. The maximum atomic E-state index is 13.7. The van der Waals surface area contributed by atoms with Gasteiger partial charge in [0.1, 0.15) is 11.2 Å². The van der Waals surface area contributed by atoms with E-state index in [0.29, 0.717) is 17.6 Å². The third kappa shape index (κ3) is 5.16. The topological polar surface area (TPSA) is 93.9 Å². The summed E-state index contributed by atoms with van der Waals surface area (Å²) in [6, 6.07) is 23.1. The van der Waals surface area contributed by atoms with Crippen LogP contribution in [0.25, 0.3) is 17.1 Å². The molecular weight excluding hydrogens is 528 g/mol. The number of rotatable bonds is 6. The van der Waals surface area contributed by atoms with Gasteiger partial charge in [0.15, 0.2) is 6.61 Å². The second-order valence-electron chi connectivity index (χ2n) is 10.7. The Morgan fingerprint density at radius 1 is 1.02 bits per heavy atom. The van der Waals surface area contributed by atoms with Crippen molar-refractivity contribution in [1.29, 1.82) is 0 Å². The van der Waals surface area contributed by atoms with E-state index in [9.17, 15) is 14.4 Å². The molecule has 6 rings (SSSR count). The van der Waals surface area contributed by atoms with E-state index in [2.05, 4.69) is 23.2 Å². The normalized spacial score (nSPS) is 19.0. The quantitative estimate of drug-likeness (QED) is 0.282. The Bertz CT molecular complexity index is 1780. The molecule has 8 nitrogen and oxygen atoms in total. The van der Waals surface area contributed by atoms with Gasteiger partial charge in [-0.15, -0.1) is 0 Å². The summed E-state index contributed by atoms with van der Waals surface area (Å²) in [5.74, 6) is -1.25. The molecule has 42 heavy (non-hydrogen) atoms. The lowest BCUT2D eigenvalue weighted by molar-refractivity contribution is -0.137. The van der Waals surface area contributed by atoms with Crippen LogP contribution in [0.4, 0.5) is 0 Å². The average Bonchev–Trinajstić information content (AvgIpc) is 3.42. The predicted molar refractivity (Wildman–Crippen MR) is 162 cm³/mol. The molecule has 212 valence electrons. The largest absolute Gasteiger partial charge is 0.452 e. The van der Waals surface area contributed by atoms with Crippen molar-refractivity contribution < 1.29 is 14.3 Å². The van der Waals surface area contributed by atoms with Crippen LogP contribution in [-0.4, -0.2) is 38.8 Å². The molecule has 1 fully saturated rings. The number of hydrazone groups is 1. The molecule has 0 bridgehead atoms. The van der Waals surface area contributed by atoms with Crippen molar-refractivity contribution in [2.75, 3.05) is 6.61 Å². The van der Waals surface area contributed by atoms with Crippen LogP contribution in [-0.2, 0) is 16.1 Å². The molecule has 8 heteroatoms. The Morgan fingerprint density at radius 2 is 1.76 bits per heavy atom. The van der Waals surface area contributed by atoms with Crippen LogP contribution in [0, 0.1) is 12.8 Å². The van der Waals surface area contributed by atoms with E-state index >= 15 is 0 Å². The van der Waals surface area contributed by atoms with Gasteiger partial charge in [-0.1, -0.05) is 60.7 Å². The first-order chi connectivity index (χ1) is 20.4. The highest BCUT2D eigenvalue weighted by atomic mass is 16.5. The van der Waals surface area contributed by atoms with Crippen molar-refractivity contribution in [2.24, 2.45) is 11.0 Å². The lowest BCUT2D eigenvalue weighted by Crippen LogP contribution is -2.35. The van der Waals surface area contributed by atoms with Crippen LogP contribution in [0.3, 0.4) is 0 Å². The summed E-state index contributed by atoms with van der Waals surface area (Å²) in [6.45, 7) is 3.73. The minimum atomic E-state index is -0.844. The molecule has 1 aliphatic heterocycles. The van der Waals surface area contributed by atoms with Crippen molar-refractivity contribution in [1.82, 2.24) is 14.6 Å². The third-order valence-electron chi connectivity index (χ3n) is 7.99. The molecule has 0 N–H and O–H groups in total. The number of aromatic nitrogens is 2. The molecule has 2 aromatic carbocycles. The number of carbonyl (C=O) groups excluding carboxylic acids is 2. The third-order valence-corrected chi connectivity index (χ3v) is 7.99. The van der Waals surface area contributed by atoms with Crippen molar-refractivity contribution in [3.8, 4) is 0 Å². The molecule has 2 atom stereocenters. The monoisotopic (exact) mass is 560 g/mol. The van der Waals surface area contributed by atoms with Gasteiger partial charge in [-0.25, -0.2) is 14.8 Å². The van der Waals surface area contributed by atoms with Gasteiger partial charge in [-0.3, -0.25) is 9.59 Å². The highest BCUT2D eigenvalue weighted by Crippen LogP contribution is 2.44. The van der Waals surface area contributed by atoms with Crippen LogP contribution in [0.15, 0.2) is 94.5 Å². The van der Waals surface area contributed by atoms with Gasteiger partial charge in [-0.05, 0) is 68.0 Å². The van der Waals surface area contributed by atoms with E-state index < -0.39 is 23.9 Å². The highest BCUT2D eigenvalue weighted by molar-refractivity contribution is 6.08. The summed E-state index contributed by atoms with van der Waals surface area (Å²) in [5.41, 5.74) is 4.77. The zero-order valence-corrected chi connectivity index (χ0v) is 23.7. The number of esters is 1. The molecule has 1 amide bonds. The summed E-state index contributed by atoms with van der Waals surface area (Å²) in [5, 5.41) is 6.67. The molecule has 1 saturated carbocycles. The number of hydrogen-bond donors (Lipinski definition) is 0. The van der Waals surface area contributed by atoms with Gasteiger partial charge in [0.25, 0.3) is 5.91 Å². The lowest BCUT2D eigenvalue weighted by Gasteiger charge is -2.29. The first-order valence-corrected chi connectivity index (χ1v) is 14.3. The fraction of sp³-hybridized carbons (Fsp3) is 0.265. The Morgan fingerprint density at radius 3 is 2.50 bits per heavy atom. The van der Waals surface area contributed by atoms with Gasteiger partial charge in [0.2, 0.25) is 5.43 Å². The summed E-state index contributed by atoms with van der Waals surface area (Å²) in [6.07, 6.45) is 6.37. The standard InChI is InChI=1S/C34H32N4O4/c1-3-37-20-28(32(40)27-18-17-22(2)35-33(27)37)34(41)42-21-29(39)38-31(24-13-8-5-9-14-24)26-16-10-15-25(30(26)36-38)19-23-11-6-4-7-12-23/h4-9,11-14,17-20,26,31H,3,10,15-16,21H2,1-2H3/b25-19-/t26-,31+/m0/s1. The Hall–Kier alpha value is -4.85. The number of ether oxygens (including phenoxy) is 1. The number of fused-ring (bicyclic) bond motifs is 2. The van der Waals surface area contributed by atoms with E-state index in [1.807, 2.05) is 62.4 Å². The molecule has 2 aromatic heterocycles. The average molecular weight is 561 g/mol. The van der Waals surface area contributed by atoms with E-state index in [-0.39, 0.29) is 17.5 Å². The number of carbonyl (C=O) groups is 2. The van der Waals surface area contributed by atoms with Crippen LogP contribution < -0.4 is 5.43 Å². The molecule has 2 aliphatic rings. The van der Waals surface area contributed by atoms with Crippen molar-refractivity contribution in [2.45, 2.75) is 45.7 Å². The van der Waals surface area contributed by atoms with Crippen molar-refractivity contribution in [3.63, 3.8) is 0 Å². The summed E-state index contributed by atoms with van der Waals surface area (Å²) >= 11 is 0. The van der Waals surface area contributed by atoms with Crippen LogP contribution in [0.5, 0.6) is 0 Å². The summed E-state index contributed by atoms with van der Waals surface area (Å²) < 4.78 is 7.21. The molecule has 0 unspecified atom stereocenters. The molecule has 0 spiro atoms. The molecule has 0 radical (unpaired) electrons. The minimum absolute atomic E-state index is 0.0314. The van der Waals surface area contributed by atoms with Crippen molar-refractivity contribution in [3.05, 3.63) is 117 Å². The Kier molecular flexibility index (Phi) is 7.52. The molecule has 4 aromatic rings. The van der Waals surface area contributed by atoms with Crippen LogP contribution in [0.1, 0.15) is 59.4 Å². The number of amides is 1. The fourth-order valence-corrected chi connectivity index (χ4v) is 5.96.